The van der Waals surface area contributed by atoms with E-state index in [1.54, 1.807) is 0 Å². The summed E-state index contributed by atoms with van der Waals surface area (Å²) in [6, 6.07) is 0.182. The number of hydrogen-bond acceptors (Lipinski definition) is 5. The number of nitrogens with one attached hydrogen (secondary N) is 1. The van der Waals surface area contributed by atoms with Gasteiger partial charge in [-0.05, 0) is 19.4 Å². The number of hydrogen-bond donors (Lipinski definition) is 1. The first-order chi connectivity index (χ1) is 9.00. The van der Waals surface area contributed by atoms with Gasteiger partial charge in [0.25, 0.3) is 0 Å². The van der Waals surface area contributed by atoms with Crippen LogP contribution < -0.4 is 10.2 Å². The van der Waals surface area contributed by atoms with Crippen molar-refractivity contribution in [2.45, 2.75) is 32.5 Å². The highest BCUT2D eigenvalue weighted by Crippen LogP contribution is 2.34. The number of nitrogens with zero attached hydrogens (tertiary/aromatic N) is 3. The Hall–Kier alpha value is -1.31. The van der Waals surface area contributed by atoms with Crippen LogP contribution in [0.2, 0.25) is 0 Å². The molecule has 5 nitrogen and oxygen atoms in total. The van der Waals surface area contributed by atoms with Gasteiger partial charge in [0.05, 0.1) is 12.5 Å². The Kier molecular flexibility index (Phi) is 4.28. The molecule has 1 unspecified atom stereocenters. The lowest BCUT2D eigenvalue weighted by Gasteiger charge is -2.32. The van der Waals surface area contributed by atoms with Crippen LogP contribution in [0.5, 0.6) is 0 Å². The minimum absolute atomic E-state index is 0.105. The Morgan fingerprint density at radius 3 is 2.89 bits per heavy atom. The maximum Gasteiger partial charge on any atom is 0.393 e. The van der Waals surface area contributed by atoms with E-state index in [1.807, 2.05) is 6.92 Å². The second-order valence-electron chi connectivity index (χ2n) is 4.59. The van der Waals surface area contributed by atoms with E-state index < -0.39 is 12.1 Å². The fourth-order valence-corrected chi connectivity index (χ4v) is 2.09. The van der Waals surface area contributed by atoms with Crippen LogP contribution in [0.15, 0.2) is 4.42 Å². The van der Waals surface area contributed by atoms with Crippen LogP contribution in [-0.4, -0.2) is 36.0 Å². The molecule has 19 heavy (non-hydrogen) atoms. The van der Waals surface area contributed by atoms with E-state index in [0.29, 0.717) is 25.4 Å². The highest BCUT2D eigenvalue weighted by atomic mass is 19.4. The van der Waals surface area contributed by atoms with Gasteiger partial charge in [-0.15, -0.1) is 5.10 Å². The third-order valence-electron chi connectivity index (χ3n) is 3.14. The van der Waals surface area contributed by atoms with Crippen LogP contribution in [0, 0.1) is 5.92 Å². The van der Waals surface area contributed by atoms with Crippen molar-refractivity contribution in [3.8, 4) is 0 Å². The number of anilines is 1. The molecule has 0 spiro atoms. The van der Waals surface area contributed by atoms with E-state index in [9.17, 15) is 13.2 Å². The smallest absolute Gasteiger partial charge is 0.393 e. The van der Waals surface area contributed by atoms with Crippen LogP contribution in [0.3, 0.4) is 0 Å². The molecule has 8 heteroatoms. The molecule has 2 rings (SSSR count). The van der Waals surface area contributed by atoms with Crippen molar-refractivity contribution in [3.63, 3.8) is 0 Å². The summed E-state index contributed by atoms with van der Waals surface area (Å²) in [5, 5.41) is 10.6. The van der Waals surface area contributed by atoms with E-state index in [1.165, 1.54) is 4.90 Å². The molecule has 1 atom stereocenters. The Bertz CT molecular complexity index is 407. The summed E-state index contributed by atoms with van der Waals surface area (Å²) in [6.45, 7) is 3.55. The summed E-state index contributed by atoms with van der Waals surface area (Å²) < 4.78 is 43.5. The van der Waals surface area contributed by atoms with Gasteiger partial charge in [-0.3, -0.25) is 0 Å². The average molecular weight is 278 g/mol. The first-order valence-corrected chi connectivity index (χ1v) is 6.35. The largest absolute Gasteiger partial charge is 0.407 e. The maximum absolute atomic E-state index is 12.7. The molecular weight excluding hydrogens is 261 g/mol. The van der Waals surface area contributed by atoms with Crippen molar-refractivity contribution in [2.24, 2.45) is 5.92 Å². The fourth-order valence-electron chi connectivity index (χ4n) is 2.09. The number of piperidine rings is 1. The van der Waals surface area contributed by atoms with Crippen LogP contribution in [0.4, 0.5) is 19.2 Å². The number of alkyl halides is 3. The molecule has 1 aromatic heterocycles. The SMILES string of the molecule is CCNCc1nnc(N2CCCC(C(F)(F)F)C2)o1. The lowest BCUT2D eigenvalue weighted by Crippen LogP contribution is -2.41. The van der Waals surface area contributed by atoms with Crippen LogP contribution in [-0.2, 0) is 6.54 Å². The van der Waals surface area contributed by atoms with Crippen LogP contribution in [0.1, 0.15) is 25.7 Å². The summed E-state index contributed by atoms with van der Waals surface area (Å²) in [5.74, 6) is -0.920. The van der Waals surface area contributed by atoms with Crippen molar-refractivity contribution < 1.29 is 17.6 Å². The minimum Gasteiger partial charge on any atom is -0.407 e. The summed E-state index contributed by atoms with van der Waals surface area (Å²) in [7, 11) is 0. The molecule has 1 fully saturated rings. The van der Waals surface area contributed by atoms with Gasteiger partial charge in [0.1, 0.15) is 0 Å². The van der Waals surface area contributed by atoms with Crippen molar-refractivity contribution in [2.75, 3.05) is 24.5 Å². The van der Waals surface area contributed by atoms with Crippen molar-refractivity contribution >= 4 is 6.01 Å². The summed E-state index contributed by atoms with van der Waals surface area (Å²) in [6.07, 6.45) is -3.52. The maximum atomic E-state index is 12.7. The summed E-state index contributed by atoms with van der Waals surface area (Å²) in [4.78, 5) is 1.52. The van der Waals surface area contributed by atoms with E-state index in [2.05, 4.69) is 15.5 Å². The molecule has 0 saturated carbocycles. The Labute approximate surface area is 109 Å². The molecule has 1 saturated heterocycles. The third-order valence-corrected chi connectivity index (χ3v) is 3.14. The Morgan fingerprint density at radius 1 is 1.42 bits per heavy atom. The van der Waals surface area contributed by atoms with Crippen molar-refractivity contribution in [3.05, 3.63) is 5.89 Å². The highest BCUT2D eigenvalue weighted by molar-refractivity contribution is 5.25. The minimum atomic E-state index is -4.16. The normalized spacial score (nSPS) is 20.8. The molecule has 0 bridgehead atoms. The predicted octanol–water partition coefficient (Wildman–Crippen LogP) is 1.96. The van der Waals surface area contributed by atoms with E-state index in [4.69, 9.17) is 4.42 Å². The van der Waals surface area contributed by atoms with Gasteiger partial charge in [-0.25, -0.2) is 0 Å². The number of aromatic nitrogens is 2. The van der Waals surface area contributed by atoms with Gasteiger partial charge in [0.2, 0.25) is 5.89 Å². The Balaban J connectivity index is 1.99. The van der Waals surface area contributed by atoms with E-state index >= 15 is 0 Å². The Morgan fingerprint density at radius 2 is 2.21 bits per heavy atom. The van der Waals surface area contributed by atoms with Crippen molar-refractivity contribution in [1.29, 1.82) is 0 Å². The van der Waals surface area contributed by atoms with Crippen LogP contribution in [0.25, 0.3) is 0 Å². The first-order valence-electron chi connectivity index (χ1n) is 6.35. The van der Waals surface area contributed by atoms with Gasteiger partial charge in [-0.2, -0.15) is 13.2 Å². The van der Waals surface area contributed by atoms with E-state index in [-0.39, 0.29) is 19.0 Å². The molecule has 0 amide bonds. The standard InChI is InChI=1S/C11H17F3N4O/c1-2-15-6-9-16-17-10(19-9)18-5-3-4-8(7-18)11(12,13)14/h8,15H,2-7H2,1H3. The molecule has 0 radical (unpaired) electrons. The molecule has 108 valence electrons. The zero-order valence-electron chi connectivity index (χ0n) is 10.7. The number of halogens is 3. The second kappa shape index (κ2) is 5.77. The topological polar surface area (TPSA) is 54.2 Å². The molecule has 1 aromatic rings. The summed E-state index contributed by atoms with van der Waals surface area (Å²) >= 11 is 0. The van der Waals surface area contributed by atoms with Gasteiger partial charge in [-0.1, -0.05) is 12.0 Å². The lowest BCUT2D eigenvalue weighted by molar-refractivity contribution is -0.176. The molecule has 0 aliphatic carbocycles. The monoisotopic (exact) mass is 278 g/mol. The predicted molar refractivity (Wildman–Crippen MR) is 62.7 cm³/mol. The molecule has 1 aliphatic heterocycles. The van der Waals surface area contributed by atoms with Gasteiger partial charge in [0.15, 0.2) is 0 Å². The summed E-state index contributed by atoms with van der Waals surface area (Å²) in [5.41, 5.74) is 0. The fraction of sp³-hybridized carbons (Fsp3) is 0.818. The van der Waals surface area contributed by atoms with Gasteiger partial charge >= 0.3 is 12.2 Å². The highest BCUT2D eigenvalue weighted by Gasteiger charge is 2.42. The van der Waals surface area contributed by atoms with E-state index in [0.717, 1.165) is 6.54 Å². The first kappa shape index (κ1) is 14.1. The van der Waals surface area contributed by atoms with Crippen molar-refractivity contribution in [1.82, 2.24) is 15.5 Å². The third kappa shape index (κ3) is 3.59. The molecule has 1 aliphatic rings. The lowest BCUT2D eigenvalue weighted by atomic mass is 9.98. The molecule has 0 aromatic carbocycles. The average Bonchev–Trinajstić information content (AvgIpc) is 2.84. The van der Waals surface area contributed by atoms with Gasteiger partial charge in [0, 0.05) is 13.1 Å². The van der Waals surface area contributed by atoms with Crippen LogP contribution >= 0.6 is 0 Å². The van der Waals surface area contributed by atoms with Gasteiger partial charge < -0.3 is 14.6 Å². The zero-order valence-corrected chi connectivity index (χ0v) is 10.7. The quantitative estimate of drug-likeness (QED) is 0.912. The zero-order chi connectivity index (χ0) is 13.9. The molecular formula is C11H17F3N4O. The number of rotatable bonds is 4. The molecule has 2 heterocycles. The molecule has 1 N–H and O–H groups in total. The second-order valence-corrected chi connectivity index (χ2v) is 4.59.